The molecule has 1 saturated heterocycles. The molecule has 0 aliphatic carbocycles. The van der Waals surface area contributed by atoms with E-state index in [-0.39, 0.29) is 29.2 Å². The number of nitrogens with two attached hydrogens (primary N) is 1. The van der Waals surface area contributed by atoms with Crippen molar-refractivity contribution < 1.29 is 22.7 Å². The highest BCUT2D eigenvalue weighted by atomic mass is 19.4. The Kier molecular flexibility index (Phi) is 8.09. The molecule has 0 bridgehead atoms. The highest BCUT2D eigenvalue weighted by Crippen LogP contribution is 2.35. The molecule has 214 valence electrons. The lowest BCUT2D eigenvalue weighted by Gasteiger charge is -2.34. The molecule has 41 heavy (non-hydrogen) atoms. The number of nitrogen functional groups attached to an aromatic ring is 1. The maximum Gasteiger partial charge on any atom is 0.416 e. The van der Waals surface area contributed by atoms with Crippen molar-refractivity contribution in [1.82, 2.24) is 19.8 Å². The Bertz CT molecular complexity index is 1570. The van der Waals surface area contributed by atoms with Gasteiger partial charge in [-0.1, -0.05) is 19.1 Å². The summed E-state index contributed by atoms with van der Waals surface area (Å²) in [6.45, 7) is 8.09. The third kappa shape index (κ3) is 6.58. The number of carbonyl (C=O) groups excluding carboxylic acids is 1. The van der Waals surface area contributed by atoms with Crippen LogP contribution in [0.15, 0.2) is 60.9 Å². The number of nitrogens with zero attached hydrogens (tertiary/aromatic N) is 4. The molecule has 0 atom stereocenters. The minimum absolute atomic E-state index is 0.0595. The first-order valence-corrected chi connectivity index (χ1v) is 13.4. The van der Waals surface area contributed by atoms with Crippen LogP contribution in [0.5, 0.6) is 11.6 Å². The SMILES string of the molecule is CCN1CCN(Cc2ccc(NC(=O)c3ccc(C)c(Oc4ncnc5cc(N)ccc45)c3)cc2C(F)(F)F)CC1. The maximum atomic E-state index is 14.0. The average molecular weight is 565 g/mol. The van der Waals surface area contributed by atoms with E-state index in [9.17, 15) is 18.0 Å². The van der Waals surface area contributed by atoms with E-state index in [1.165, 1.54) is 24.5 Å². The van der Waals surface area contributed by atoms with E-state index in [0.717, 1.165) is 31.3 Å². The van der Waals surface area contributed by atoms with Gasteiger partial charge in [-0.15, -0.1) is 0 Å². The molecule has 0 saturated carbocycles. The summed E-state index contributed by atoms with van der Waals surface area (Å²) in [5, 5.41) is 3.25. The number of rotatable bonds is 7. The van der Waals surface area contributed by atoms with Crippen LogP contribution in [0.1, 0.15) is 34.0 Å². The number of benzene rings is 3. The van der Waals surface area contributed by atoms with Crippen LogP contribution >= 0.6 is 0 Å². The van der Waals surface area contributed by atoms with Crippen molar-refractivity contribution in [3.05, 3.63) is 83.2 Å². The zero-order valence-electron chi connectivity index (χ0n) is 22.8. The van der Waals surface area contributed by atoms with Crippen LogP contribution in [0.4, 0.5) is 24.5 Å². The first kappa shape index (κ1) is 28.3. The predicted molar refractivity (Wildman–Crippen MR) is 152 cm³/mol. The lowest BCUT2D eigenvalue weighted by Crippen LogP contribution is -2.45. The summed E-state index contributed by atoms with van der Waals surface area (Å²) >= 11 is 0. The van der Waals surface area contributed by atoms with Gasteiger partial charge in [-0.25, -0.2) is 9.97 Å². The van der Waals surface area contributed by atoms with Gasteiger partial charge in [0.2, 0.25) is 5.88 Å². The minimum atomic E-state index is -4.56. The number of ether oxygens (including phenoxy) is 1. The number of hydrogen-bond donors (Lipinski definition) is 2. The van der Waals surface area contributed by atoms with Crippen LogP contribution in [0, 0.1) is 6.92 Å². The average Bonchev–Trinajstić information content (AvgIpc) is 2.94. The largest absolute Gasteiger partial charge is 0.438 e. The first-order chi connectivity index (χ1) is 19.6. The van der Waals surface area contributed by atoms with Crippen LogP contribution < -0.4 is 15.8 Å². The predicted octanol–water partition coefficient (Wildman–Crippen LogP) is 5.72. The molecular formula is C30H31F3N6O2. The molecule has 0 unspecified atom stereocenters. The molecule has 1 aliphatic rings. The monoisotopic (exact) mass is 564 g/mol. The number of amides is 1. The molecule has 0 radical (unpaired) electrons. The molecule has 4 aromatic rings. The van der Waals surface area contributed by atoms with Gasteiger partial charge in [0.25, 0.3) is 5.91 Å². The molecule has 1 fully saturated rings. The van der Waals surface area contributed by atoms with Crippen LogP contribution in [-0.2, 0) is 12.7 Å². The number of aromatic nitrogens is 2. The second-order valence-electron chi connectivity index (χ2n) is 10.1. The Morgan fingerprint density at radius 1 is 1.00 bits per heavy atom. The van der Waals surface area contributed by atoms with Crippen LogP contribution in [-0.4, -0.2) is 58.4 Å². The van der Waals surface area contributed by atoms with Gasteiger partial charge in [0.05, 0.1) is 16.5 Å². The summed E-state index contributed by atoms with van der Waals surface area (Å²) in [7, 11) is 0. The Labute approximate surface area is 235 Å². The number of anilines is 2. The van der Waals surface area contributed by atoms with Gasteiger partial charge in [-0.2, -0.15) is 13.2 Å². The topological polar surface area (TPSA) is 96.6 Å². The molecule has 5 rings (SSSR count). The number of likely N-dealkylation sites (N-methyl/N-ethyl adjacent to an activating group) is 1. The molecule has 1 aromatic heterocycles. The van der Waals surface area contributed by atoms with Crippen molar-refractivity contribution in [3.63, 3.8) is 0 Å². The van der Waals surface area contributed by atoms with Crippen molar-refractivity contribution >= 4 is 28.2 Å². The van der Waals surface area contributed by atoms with E-state index >= 15 is 0 Å². The van der Waals surface area contributed by atoms with Crippen LogP contribution in [0.25, 0.3) is 10.9 Å². The van der Waals surface area contributed by atoms with Gasteiger partial charge < -0.3 is 20.7 Å². The number of piperazine rings is 1. The van der Waals surface area contributed by atoms with Crippen molar-refractivity contribution in [2.75, 3.05) is 43.8 Å². The van der Waals surface area contributed by atoms with Crippen molar-refractivity contribution in [1.29, 1.82) is 0 Å². The summed E-state index contributed by atoms with van der Waals surface area (Å²) in [5.74, 6) is 0.105. The van der Waals surface area contributed by atoms with Gasteiger partial charge in [0.1, 0.15) is 12.1 Å². The van der Waals surface area contributed by atoms with E-state index in [1.54, 1.807) is 30.3 Å². The molecule has 1 aliphatic heterocycles. The zero-order chi connectivity index (χ0) is 29.1. The smallest absolute Gasteiger partial charge is 0.416 e. The van der Waals surface area contributed by atoms with Crippen LogP contribution in [0.2, 0.25) is 0 Å². The number of carbonyl (C=O) groups is 1. The van der Waals surface area contributed by atoms with E-state index in [2.05, 4.69) is 27.1 Å². The quantitative estimate of drug-likeness (QED) is 0.277. The fourth-order valence-electron chi connectivity index (χ4n) is 4.85. The number of fused-ring (bicyclic) bond motifs is 1. The van der Waals surface area contributed by atoms with E-state index in [1.807, 2.05) is 11.8 Å². The van der Waals surface area contributed by atoms with Crippen molar-refractivity contribution in [2.45, 2.75) is 26.6 Å². The molecule has 0 spiro atoms. The Morgan fingerprint density at radius 2 is 1.76 bits per heavy atom. The normalized spacial score (nSPS) is 14.8. The van der Waals surface area contributed by atoms with Gasteiger partial charge in [0.15, 0.2) is 0 Å². The summed E-state index contributed by atoms with van der Waals surface area (Å²) < 4.78 is 48.1. The van der Waals surface area contributed by atoms with Crippen molar-refractivity contribution in [3.8, 4) is 11.6 Å². The first-order valence-electron chi connectivity index (χ1n) is 13.4. The highest BCUT2D eigenvalue weighted by Gasteiger charge is 2.34. The number of hydrogen-bond acceptors (Lipinski definition) is 7. The molecule has 3 aromatic carbocycles. The summed E-state index contributed by atoms with van der Waals surface area (Å²) in [6, 6.07) is 13.9. The van der Waals surface area contributed by atoms with E-state index < -0.39 is 17.6 Å². The number of alkyl halides is 3. The number of halogens is 3. The maximum absolute atomic E-state index is 14.0. The molecule has 11 heteroatoms. The highest BCUT2D eigenvalue weighted by molar-refractivity contribution is 6.04. The van der Waals surface area contributed by atoms with Gasteiger partial charge in [0, 0.05) is 49.7 Å². The lowest BCUT2D eigenvalue weighted by molar-refractivity contribution is -0.138. The molecular weight excluding hydrogens is 533 g/mol. The van der Waals surface area contributed by atoms with E-state index in [4.69, 9.17) is 10.5 Å². The Balaban J connectivity index is 1.34. The second kappa shape index (κ2) is 11.7. The summed E-state index contributed by atoms with van der Waals surface area (Å²) in [4.78, 5) is 25.8. The van der Waals surface area contributed by atoms with Gasteiger partial charge in [-0.3, -0.25) is 9.69 Å². The fraction of sp³-hybridized carbons (Fsp3) is 0.300. The van der Waals surface area contributed by atoms with Crippen molar-refractivity contribution in [2.24, 2.45) is 0 Å². The third-order valence-corrected chi connectivity index (χ3v) is 7.26. The molecule has 3 N–H and O–H groups in total. The van der Waals surface area contributed by atoms with Gasteiger partial charge in [-0.05, 0) is 67.1 Å². The second-order valence-corrected chi connectivity index (χ2v) is 10.1. The Hall–Kier alpha value is -4.22. The fourth-order valence-corrected chi connectivity index (χ4v) is 4.85. The zero-order valence-corrected chi connectivity index (χ0v) is 22.8. The third-order valence-electron chi connectivity index (χ3n) is 7.26. The summed E-state index contributed by atoms with van der Waals surface area (Å²) in [5.41, 5.74) is 7.46. The Morgan fingerprint density at radius 3 is 2.49 bits per heavy atom. The minimum Gasteiger partial charge on any atom is -0.438 e. The van der Waals surface area contributed by atoms with Gasteiger partial charge >= 0.3 is 6.18 Å². The molecule has 8 nitrogen and oxygen atoms in total. The lowest BCUT2D eigenvalue weighted by atomic mass is 10.0. The molecule has 2 heterocycles. The number of nitrogens with one attached hydrogen (secondary N) is 1. The number of aryl methyl sites for hydroxylation is 1. The molecule has 1 amide bonds. The summed E-state index contributed by atoms with van der Waals surface area (Å²) in [6.07, 6.45) is -3.20. The standard InChI is InChI=1S/C30H31F3N6O2/c1-3-38-10-12-39(13-11-38)17-21-6-8-23(16-25(21)30(31,32)33)37-28(40)20-5-4-19(2)27(14-20)41-29-24-9-7-22(34)15-26(24)35-18-36-29/h4-9,14-16,18H,3,10-13,17,34H2,1-2H3,(H,37,40). The van der Waals surface area contributed by atoms with Crippen LogP contribution in [0.3, 0.4) is 0 Å². The van der Waals surface area contributed by atoms with E-state index in [0.29, 0.717) is 35.4 Å².